The Morgan fingerprint density at radius 3 is 2.32 bits per heavy atom. The summed E-state index contributed by atoms with van der Waals surface area (Å²) < 4.78 is 10.5. The predicted octanol–water partition coefficient (Wildman–Crippen LogP) is 3.19. The quantitative estimate of drug-likeness (QED) is 0.635. The third-order valence-corrected chi connectivity index (χ3v) is 4.22. The van der Waals surface area contributed by atoms with Crippen molar-refractivity contribution in [3.8, 4) is 5.75 Å². The summed E-state index contributed by atoms with van der Waals surface area (Å²) in [4.78, 5) is 36.6. The van der Waals surface area contributed by atoms with E-state index in [2.05, 4.69) is 5.32 Å². The molecule has 28 heavy (non-hydrogen) atoms. The first-order chi connectivity index (χ1) is 13.2. The molecule has 0 saturated heterocycles. The topological polar surface area (TPSA) is 81.7 Å². The van der Waals surface area contributed by atoms with Crippen LogP contribution in [0.25, 0.3) is 0 Å². The Morgan fingerprint density at radius 2 is 1.64 bits per heavy atom. The minimum absolute atomic E-state index is 0.219. The molecule has 1 N–H and O–H groups in total. The Balaban J connectivity index is 1.57. The number of carbonyl (C=O) groups is 3. The second-order valence-electron chi connectivity index (χ2n) is 7.70. The van der Waals surface area contributed by atoms with E-state index in [9.17, 15) is 14.4 Å². The average molecular weight is 381 g/mol. The standard InChI is InChI=1S/C22H23NO5/c1-22(2,3)23-20(25)14-4-6-15(7-5-14)21(26)28-13-18(24)16-8-9-19-17(12-16)10-11-27-19/h4-9,12H,10-11,13H2,1-3H3,(H,23,25). The Morgan fingerprint density at radius 1 is 1.00 bits per heavy atom. The zero-order chi connectivity index (χ0) is 20.3. The van der Waals surface area contributed by atoms with Gasteiger partial charge in [0.2, 0.25) is 0 Å². The fraction of sp³-hybridized carbons (Fsp3) is 0.318. The number of rotatable bonds is 5. The van der Waals surface area contributed by atoms with Crippen LogP contribution >= 0.6 is 0 Å². The highest BCUT2D eigenvalue weighted by Crippen LogP contribution is 2.26. The van der Waals surface area contributed by atoms with Gasteiger partial charge in [0, 0.05) is 23.1 Å². The van der Waals surface area contributed by atoms with Gasteiger partial charge in [0.15, 0.2) is 12.4 Å². The molecule has 3 rings (SSSR count). The Kier molecular flexibility index (Phi) is 5.49. The van der Waals surface area contributed by atoms with Crippen molar-refractivity contribution >= 4 is 17.7 Å². The molecule has 0 aromatic heterocycles. The maximum absolute atomic E-state index is 12.3. The van der Waals surface area contributed by atoms with Crippen molar-refractivity contribution in [2.24, 2.45) is 0 Å². The van der Waals surface area contributed by atoms with Crippen molar-refractivity contribution in [1.29, 1.82) is 0 Å². The molecule has 6 heteroatoms. The summed E-state index contributed by atoms with van der Waals surface area (Å²) >= 11 is 0. The molecule has 0 unspecified atom stereocenters. The lowest BCUT2D eigenvalue weighted by Crippen LogP contribution is -2.40. The average Bonchev–Trinajstić information content (AvgIpc) is 3.12. The van der Waals surface area contributed by atoms with Crippen molar-refractivity contribution in [2.75, 3.05) is 13.2 Å². The number of hydrogen-bond acceptors (Lipinski definition) is 5. The summed E-state index contributed by atoms with van der Waals surface area (Å²) in [5.74, 6) is -0.308. The molecule has 2 aromatic carbocycles. The SMILES string of the molecule is CC(C)(C)NC(=O)c1ccc(C(=O)OCC(=O)c2ccc3c(c2)CCO3)cc1. The van der Waals surface area contributed by atoms with Gasteiger partial charge in [-0.3, -0.25) is 9.59 Å². The van der Waals surface area contributed by atoms with Crippen molar-refractivity contribution in [1.82, 2.24) is 5.32 Å². The van der Waals surface area contributed by atoms with Crippen LogP contribution < -0.4 is 10.1 Å². The normalized spacial score (nSPS) is 12.7. The number of hydrogen-bond donors (Lipinski definition) is 1. The van der Waals surface area contributed by atoms with Gasteiger partial charge in [0.1, 0.15) is 5.75 Å². The van der Waals surface area contributed by atoms with E-state index >= 15 is 0 Å². The number of nitrogens with one attached hydrogen (secondary N) is 1. The number of amides is 1. The molecule has 0 radical (unpaired) electrons. The molecule has 1 amide bonds. The zero-order valence-corrected chi connectivity index (χ0v) is 16.2. The summed E-state index contributed by atoms with van der Waals surface area (Å²) in [6.07, 6.45) is 0.769. The molecule has 2 aromatic rings. The van der Waals surface area contributed by atoms with Gasteiger partial charge in [0.05, 0.1) is 12.2 Å². The summed E-state index contributed by atoms with van der Waals surface area (Å²) in [5.41, 5.74) is 1.86. The van der Waals surface area contributed by atoms with Gasteiger partial charge in [-0.05, 0) is 68.8 Å². The lowest BCUT2D eigenvalue weighted by Gasteiger charge is -2.20. The number of fused-ring (bicyclic) bond motifs is 1. The number of ketones is 1. The highest BCUT2D eigenvalue weighted by molar-refractivity contribution is 6.00. The van der Waals surface area contributed by atoms with Crippen molar-refractivity contribution in [2.45, 2.75) is 32.7 Å². The van der Waals surface area contributed by atoms with Crippen LogP contribution in [0.15, 0.2) is 42.5 Å². The molecule has 6 nitrogen and oxygen atoms in total. The molecule has 0 aliphatic carbocycles. The molecule has 146 valence electrons. The molecule has 1 heterocycles. The lowest BCUT2D eigenvalue weighted by atomic mass is 10.1. The van der Waals surface area contributed by atoms with Gasteiger partial charge in [-0.25, -0.2) is 4.79 Å². The molecule has 0 fully saturated rings. The van der Waals surface area contributed by atoms with Gasteiger partial charge in [-0.2, -0.15) is 0 Å². The zero-order valence-electron chi connectivity index (χ0n) is 16.2. The Labute approximate surface area is 163 Å². The van der Waals surface area contributed by atoms with Crippen LogP contribution in [0.4, 0.5) is 0 Å². The predicted molar refractivity (Wildman–Crippen MR) is 104 cm³/mol. The van der Waals surface area contributed by atoms with Crippen LogP contribution in [0, 0.1) is 0 Å². The fourth-order valence-corrected chi connectivity index (χ4v) is 2.83. The van der Waals surface area contributed by atoms with Crippen LogP contribution in [0.5, 0.6) is 5.75 Å². The molecular weight excluding hydrogens is 358 g/mol. The number of esters is 1. The maximum atomic E-state index is 12.3. The van der Waals surface area contributed by atoms with E-state index in [0.717, 1.165) is 17.7 Å². The summed E-state index contributed by atoms with van der Waals surface area (Å²) in [5, 5.41) is 2.85. The van der Waals surface area contributed by atoms with E-state index in [4.69, 9.17) is 9.47 Å². The highest BCUT2D eigenvalue weighted by Gasteiger charge is 2.18. The van der Waals surface area contributed by atoms with Crippen LogP contribution in [-0.2, 0) is 11.2 Å². The first-order valence-corrected chi connectivity index (χ1v) is 9.11. The van der Waals surface area contributed by atoms with Gasteiger partial charge in [0.25, 0.3) is 5.91 Å². The number of carbonyl (C=O) groups excluding carboxylic acids is 3. The molecule has 0 spiro atoms. The van der Waals surface area contributed by atoms with Crippen molar-refractivity contribution < 1.29 is 23.9 Å². The van der Waals surface area contributed by atoms with Gasteiger partial charge < -0.3 is 14.8 Å². The molecule has 0 saturated carbocycles. The smallest absolute Gasteiger partial charge is 0.338 e. The van der Waals surface area contributed by atoms with Gasteiger partial charge in [-0.1, -0.05) is 0 Å². The Hall–Kier alpha value is -3.15. The Bertz CT molecular complexity index is 910. The molecule has 1 aliphatic rings. The second kappa shape index (κ2) is 7.84. The monoisotopic (exact) mass is 381 g/mol. The first kappa shape index (κ1) is 19.6. The third-order valence-electron chi connectivity index (χ3n) is 4.22. The number of benzene rings is 2. The minimum atomic E-state index is -0.611. The molecule has 0 atom stereocenters. The summed E-state index contributed by atoms with van der Waals surface area (Å²) in [6, 6.07) is 11.3. The van der Waals surface area contributed by atoms with Gasteiger partial charge >= 0.3 is 5.97 Å². The van der Waals surface area contributed by atoms with E-state index in [1.165, 1.54) is 12.1 Å². The van der Waals surface area contributed by atoms with Crippen LogP contribution in [0.2, 0.25) is 0 Å². The fourth-order valence-electron chi connectivity index (χ4n) is 2.83. The largest absolute Gasteiger partial charge is 0.493 e. The minimum Gasteiger partial charge on any atom is -0.493 e. The van der Waals surface area contributed by atoms with E-state index in [1.807, 2.05) is 20.8 Å². The second-order valence-corrected chi connectivity index (χ2v) is 7.70. The lowest BCUT2D eigenvalue weighted by molar-refractivity contribution is 0.0474. The molecule has 1 aliphatic heterocycles. The van der Waals surface area contributed by atoms with E-state index < -0.39 is 5.97 Å². The highest BCUT2D eigenvalue weighted by atomic mass is 16.5. The number of Topliss-reactive ketones (excluding diaryl/α,β-unsaturated/α-hetero) is 1. The first-order valence-electron chi connectivity index (χ1n) is 9.11. The third kappa shape index (κ3) is 4.76. The van der Waals surface area contributed by atoms with Crippen LogP contribution in [-0.4, -0.2) is 36.4 Å². The van der Waals surface area contributed by atoms with E-state index in [0.29, 0.717) is 17.7 Å². The van der Waals surface area contributed by atoms with Crippen molar-refractivity contribution in [3.63, 3.8) is 0 Å². The number of ether oxygens (including phenoxy) is 2. The van der Waals surface area contributed by atoms with E-state index in [1.54, 1.807) is 30.3 Å². The van der Waals surface area contributed by atoms with Crippen LogP contribution in [0.3, 0.4) is 0 Å². The molecular formula is C22H23NO5. The van der Waals surface area contributed by atoms with Crippen LogP contribution in [0.1, 0.15) is 57.4 Å². The van der Waals surface area contributed by atoms with Gasteiger partial charge in [-0.15, -0.1) is 0 Å². The summed E-state index contributed by atoms with van der Waals surface area (Å²) in [6.45, 7) is 5.95. The van der Waals surface area contributed by atoms with Crippen molar-refractivity contribution in [3.05, 3.63) is 64.7 Å². The van der Waals surface area contributed by atoms with E-state index in [-0.39, 0.29) is 29.4 Å². The maximum Gasteiger partial charge on any atom is 0.338 e. The summed E-state index contributed by atoms with van der Waals surface area (Å²) in [7, 11) is 0. The molecule has 0 bridgehead atoms.